The van der Waals surface area contributed by atoms with Gasteiger partial charge in [0.05, 0.1) is 25.7 Å². The first-order chi connectivity index (χ1) is 12.9. The number of aliphatic carboxylic acids is 1. The number of nitrogens with one attached hydrogen (secondary N) is 1. The number of rotatable bonds is 6. The molecule has 2 atom stereocenters. The second-order valence-electron chi connectivity index (χ2n) is 7.78. The van der Waals surface area contributed by atoms with Crippen molar-refractivity contribution >= 4 is 18.0 Å². The topological polar surface area (TPSA) is 108 Å². The Morgan fingerprint density at radius 3 is 2.74 bits per heavy atom. The quantitative estimate of drug-likeness (QED) is 0.628. The van der Waals surface area contributed by atoms with Crippen molar-refractivity contribution in [2.75, 3.05) is 46.5 Å². The molecule has 0 aromatic rings. The summed E-state index contributed by atoms with van der Waals surface area (Å²) in [6.45, 7) is 4.44. The Balaban J connectivity index is 1.53. The van der Waals surface area contributed by atoms with E-state index in [1.165, 1.54) is 7.11 Å². The first-order valence-corrected chi connectivity index (χ1v) is 9.57. The molecule has 2 amide bonds. The van der Waals surface area contributed by atoms with E-state index in [0.717, 1.165) is 12.8 Å². The highest BCUT2D eigenvalue weighted by Crippen LogP contribution is 2.43. The number of esters is 1. The Bertz CT molecular complexity index is 594. The number of nitrogens with zero attached hydrogens (tertiary/aromatic N) is 2. The lowest BCUT2D eigenvalue weighted by Gasteiger charge is -2.42. The maximum absolute atomic E-state index is 12.7. The number of ether oxygens (including phenoxy) is 2. The monoisotopic (exact) mass is 383 g/mol. The Morgan fingerprint density at radius 1 is 1.37 bits per heavy atom. The van der Waals surface area contributed by atoms with Crippen LogP contribution in [-0.2, 0) is 19.1 Å². The van der Waals surface area contributed by atoms with Gasteiger partial charge in [-0.15, -0.1) is 0 Å². The van der Waals surface area contributed by atoms with Crippen LogP contribution in [0.2, 0.25) is 0 Å². The van der Waals surface area contributed by atoms with Gasteiger partial charge in [0.25, 0.3) is 0 Å². The minimum absolute atomic E-state index is 0.0251. The standard InChI is InChI=1S/C18H29N3O6/c1-3-20(9-15(22)23)14-6-13(7-14)19-17(25)21-8-12-10-27-5-4-18(12,11-21)16(24)26-2/h12-14H,3-11H2,1-2H3,(H,19,25)(H,22,23)/t12-,13?,14?,18+/m0/s1. The van der Waals surface area contributed by atoms with Crippen LogP contribution in [0.5, 0.6) is 0 Å². The fourth-order valence-electron chi connectivity index (χ4n) is 4.58. The minimum Gasteiger partial charge on any atom is -0.480 e. The first-order valence-electron chi connectivity index (χ1n) is 9.57. The van der Waals surface area contributed by atoms with Crippen LogP contribution in [0.25, 0.3) is 0 Å². The van der Waals surface area contributed by atoms with E-state index in [-0.39, 0.29) is 36.5 Å². The number of hydrogen-bond acceptors (Lipinski definition) is 6. The summed E-state index contributed by atoms with van der Waals surface area (Å²) in [4.78, 5) is 39.6. The van der Waals surface area contributed by atoms with Gasteiger partial charge in [-0.3, -0.25) is 14.5 Å². The summed E-state index contributed by atoms with van der Waals surface area (Å²) >= 11 is 0. The molecule has 27 heavy (non-hydrogen) atoms. The number of carboxylic acid groups (broad SMARTS) is 1. The van der Waals surface area contributed by atoms with Crippen molar-refractivity contribution in [3.63, 3.8) is 0 Å². The third-order valence-corrected chi connectivity index (χ3v) is 6.29. The van der Waals surface area contributed by atoms with Gasteiger partial charge in [-0.1, -0.05) is 6.92 Å². The number of methoxy groups -OCH3 is 1. The van der Waals surface area contributed by atoms with E-state index >= 15 is 0 Å². The lowest BCUT2D eigenvalue weighted by Crippen LogP contribution is -2.56. The maximum atomic E-state index is 12.7. The van der Waals surface area contributed by atoms with Gasteiger partial charge in [-0.05, 0) is 25.8 Å². The van der Waals surface area contributed by atoms with E-state index in [9.17, 15) is 14.4 Å². The zero-order chi connectivity index (χ0) is 19.6. The second kappa shape index (κ2) is 8.02. The Hall–Kier alpha value is -1.87. The van der Waals surface area contributed by atoms with Crippen molar-refractivity contribution in [3.05, 3.63) is 0 Å². The van der Waals surface area contributed by atoms with Gasteiger partial charge in [0.15, 0.2) is 0 Å². The number of carbonyl (C=O) groups is 3. The van der Waals surface area contributed by atoms with Crippen LogP contribution >= 0.6 is 0 Å². The third-order valence-electron chi connectivity index (χ3n) is 6.29. The average molecular weight is 383 g/mol. The first kappa shape index (κ1) is 19.9. The summed E-state index contributed by atoms with van der Waals surface area (Å²) in [6, 6.07) is 0.0584. The fraction of sp³-hybridized carbons (Fsp3) is 0.833. The molecule has 0 aromatic carbocycles. The Kier molecular flexibility index (Phi) is 5.90. The predicted molar refractivity (Wildman–Crippen MR) is 95.2 cm³/mol. The highest BCUT2D eigenvalue weighted by Gasteiger charge is 2.55. The smallest absolute Gasteiger partial charge is 0.317 e. The number of urea groups is 1. The SMILES string of the molecule is CCN(CC(=O)O)C1CC(NC(=O)N2C[C@H]3COCC[C@@]3(C(=O)OC)C2)C1. The van der Waals surface area contributed by atoms with Crippen molar-refractivity contribution in [1.82, 2.24) is 15.1 Å². The largest absolute Gasteiger partial charge is 0.480 e. The number of carboxylic acids is 1. The van der Waals surface area contributed by atoms with Crippen LogP contribution < -0.4 is 5.32 Å². The van der Waals surface area contributed by atoms with Crippen molar-refractivity contribution in [1.29, 1.82) is 0 Å². The van der Waals surface area contributed by atoms with Crippen LogP contribution in [0.15, 0.2) is 0 Å². The van der Waals surface area contributed by atoms with Crippen molar-refractivity contribution in [3.8, 4) is 0 Å². The maximum Gasteiger partial charge on any atom is 0.317 e. The highest BCUT2D eigenvalue weighted by molar-refractivity contribution is 5.81. The number of fused-ring (bicyclic) bond motifs is 1. The van der Waals surface area contributed by atoms with Crippen LogP contribution in [0.1, 0.15) is 26.2 Å². The summed E-state index contributed by atoms with van der Waals surface area (Å²) in [5, 5.41) is 12.0. The molecule has 9 heteroatoms. The molecule has 0 radical (unpaired) electrons. The lowest BCUT2D eigenvalue weighted by molar-refractivity contribution is -0.161. The zero-order valence-corrected chi connectivity index (χ0v) is 16.0. The molecule has 3 fully saturated rings. The molecule has 3 rings (SSSR count). The molecule has 3 aliphatic rings. The molecule has 2 aliphatic heterocycles. The number of hydrogen-bond donors (Lipinski definition) is 2. The summed E-state index contributed by atoms with van der Waals surface area (Å²) < 4.78 is 10.5. The Morgan fingerprint density at radius 2 is 2.11 bits per heavy atom. The molecule has 0 spiro atoms. The van der Waals surface area contributed by atoms with E-state index < -0.39 is 11.4 Å². The summed E-state index contributed by atoms with van der Waals surface area (Å²) in [6.07, 6.45) is 2.06. The summed E-state index contributed by atoms with van der Waals surface area (Å²) in [7, 11) is 1.39. The number of likely N-dealkylation sites (N-methyl/N-ethyl adjacent to an activating group) is 1. The third kappa shape index (κ3) is 3.89. The van der Waals surface area contributed by atoms with Gasteiger partial charge in [-0.25, -0.2) is 4.79 Å². The van der Waals surface area contributed by atoms with E-state index in [0.29, 0.717) is 39.3 Å². The van der Waals surface area contributed by atoms with Gasteiger partial charge in [-0.2, -0.15) is 0 Å². The summed E-state index contributed by atoms with van der Waals surface area (Å²) in [5.74, 6) is -1.13. The van der Waals surface area contributed by atoms with E-state index in [2.05, 4.69) is 5.32 Å². The fourth-order valence-corrected chi connectivity index (χ4v) is 4.58. The van der Waals surface area contributed by atoms with Gasteiger partial charge in [0.2, 0.25) is 0 Å². The van der Waals surface area contributed by atoms with E-state index in [1.54, 1.807) is 4.90 Å². The minimum atomic E-state index is -0.834. The molecule has 2 heterocycles. The van der Waals surface area contributed by atoms with Crippen LogP contribution in [-0.4, -0.2) is 91.5 Å². The molecule has 1 aliphatic carbocycles. The molecule has 0 unspecified atom stereocenters. The van der Waals surface area contributed by atoms with Gasteiger partial charge >= 0.3 is 18.0 Å². The molecule has 2 N–H and O–H groups in total. The highest BCUT2D eigenvalue weighted by atomic mass is 16.5. The molecule has 9 nitrogen and oxygen atoms in total. The van der Waals surface area contributed by atoms with Gasteiger partial charge in [0.1, 0.15) is 0 Å². The normalized spacial score (nSPS) is 32.6. The predicted octanol–water partition coefficient (Wildman–Crippen LogP) is 0.145. The molecule has 2 saturated heterocycles. The second-order valence-corrected chi connectivity index (χ2v) is 7.78. The molecule has 1 saturated carbocycles. The lowest BCUT2D eigenvalue weighted by atomic mass is 9.74. The van der Waals surface area contributed by atoms with Crippen molar-refractivity contribution in [2.24, 2.45) is 11.3 Å². The van der Waals surface area contributed by atoms with Crippen molar-refractivity contribution < 1.29 is 29.0 Å². The van der Waals surface area contributed by atoms with Crippen LogP contribution in [0.4, 0.5) is 4.79 Å². The zero-order valence-electron chi connectivity index (χ0n) is 16.0. The average Bonchev–Trinajstić information content (AvgIpc) is 3.02. The number of likely N-dealkylation sites (tertiary alicyclic amines) is 1. The molecular formula is C18H29N3O6. The van der Waals surface area contributed by atoms with E-state index in [4.69, 9.17) is 14.6 Å². The van der Waals surface area contributed by atoms with Crippen LogP contribution in [0, 0.1) is 11.3 Å². The molecular weight excluding hydrogens is 354 g/mol. The van der Waals surface area contributed by atoms with Crippen LogP contribution in [0.3, 0.4) is 0 Å². The van der Waals surface area contributed by atoms with Crippen molar-refractivity contribution in [2.45, 2.75) is 38.3 Å². The molecule has 0 aromatic heterocycles. The van der Waals surface area contributed by atoms with E-state index in [1.807, 2.05) is 11.8 Å². The number of carbonyl (C=O) groups excluding carboxylic acids is 2. The molecule has 152 valence electrons. The van der Waals surface area contributed by atoms with Gasteiger partial charge in [0, 0.05) is 37.7 Å². The Labute approximate surface area is 159 Å². The number of amides is 2. The summed E-state index contributed by atoms with van der Waals surface area (Å²) in [5.41, 5.74) is -0.660. The molecule has 0 bridgehead atoms. The van der Waals surface area contributed by atoms with Gasteiger partial charge < -0.3 is 24.8 Å².